The monoisotopic (exact) mass is 318 g/mol. The van der Waals surface area contributed by atoms with Crippen LogP contribution < -0.4 is 10.1 Å². The van der Waals surface area contributed by atoms with Gasteiger partial charge in [-0.15, -0.1) is 12.4 Å². The Morgan fingerprint density at radius 1 is 1.55 bits per heavy atom. The maximum atomic E-state index is 12.3. The van der Waals surface area contributed by atoms with E-state index in [1.54, 1.807) is 36.1 Å². The van der Waals surface area contributed by atoms with Gasteiger partial charge in [0.1, 0.15) is 5.75 Å². The van der Waals surface area contributed by atoms with Crippen LogP contribution in [0.4, 0.5) is 0 Å². The van der Waals surface area contributed by atoms with E-state index in [2.05, 4.69) is 5.32 Å². The number of nitrogens with zero attached hydrogens (tertiary/aromatic N) is 1. The molecule has 1 N–H and O–H groups in total. The van der Waals surface area contributed by atoms with Crippen molar-refractivity contribution in [1.82, 2.24) is 10.2 Å². The van der Waals surface area contributed by atoms with Crippen molar-refractivity contribution < 1.29 is 9.53 Å². The van der Waals surface area contributed by atoms with Gasteiger partial charge in [-0.05, 0) is 38.1 Å². The summed E-state index contributed by atoms with van der Waals surface area (Å²) in [6, 6.07) is 7.35. The standard InChI is InChI=1S/C14H19ClN2O2.ClH/c1-10(19-13-5-3-4-11(15)8-13)14(18)17(2)12-6-7-16-9-12;/h3-5,8,10,12,16H,6-7,9H2,1-2H3;1H. The number of carbonyl (C=O) groups is 1. The number of carbonyl (C=O) groups excluding carboxylic acids is 1. The van der Waals surface area contributed by atoms with Crippen molar-refractivity contribution in [3.05, 3.63) is 29.3 Å². The predicted molar refractivity (Wildman–Crippen MR) is 82.8 cm³/mol. The van der Waals surface area contributed by atoms with Gasteiger partial charge in [0.15, 0.2) is 6.10 Å². The van der Waals surface area contributed by atoms with Crippen LogP contribution in [-0.4, -0.2) is 43.1 Å². The zero-order valence-corrected chi connectivity index (χ0v) is 13.2. The van der Waals surface area contributed by atoms with Crippen LogP contribution in [0, 0.1) is 0 Å². The van der Waals surface area contributed by atoms with Crippen LogP contribution >= 0.6 is 24.0 Å². The molecule has 1 heterocycles. The number of likely N-dealkylation sites (N-methyl/N-ethyl adjacent to an activating group) is 1. The minimum Gasteiger partial charge on any atom is -0.481 e. The van der Waals surface area contributed by atoms with Crippen molar-refractivity contribution in [2.24, 2.45) is 0 Å². The third kappa shape index (κ3) is 4.27. The van der Waals surface area contributed by atoms with E-state index in [0.29, 0.717) is 10.8 Å². The summed E-state index contributed by atoms with van der Waals surface area (Å²) in [5.41, 5.74) is 0. The van der Waals surface area contributed by atoms with Crippen LogP contribution in [0.1, 0.15) is 13.3 Å². The molecule has 2 atom stereocenters. The molecule has 0 aromatic heterocycles. The normalized spacial score (nSPS) is 19.1. The number of ether oxygens (including phenoxy) is 1. The van der Waals surface area contributed by atoms with Gasteiger partial charge >= 0.3 is 0 Å². The van der Waals surface area contributed by atoms with Crippen molar-refractivity contribution in [2.45, 2.75) is 25.5 Å². The summed E-state index contributed by atoms with van der Waals surface area (Å²) in [5, 5.41) is 3.85. The predicted octanol–water partition coefficient (Wildman–Crippen LogP) is 2.35. The van der Waals surface area contributed by atoms with Crippen LogP contribution in [0.5, 0.6) is 5.75 Å². The third-order valence-corrected chi connectivity index (χ3v) is 3.62. The van der Waals surface area contributed by atoms with E-state index in [1.165, 1.54) is 0 Å². The molecule has 0 bridgehead atoms. The SMILES string of the molecule is CC(Oc1cccc(Cl)c1)C(=O)N(C)C1CCNC1.Cl. The fourth-order valence-corrected chi connectivity index (χ4v) is 2.41. The quantitative estimate of drug-likeness (QED) is 0.926. The van der Waals surface area contributed by atoms with Crippen molar-refractivity contribution in [3.8, 4) is 5.75 Å². The first-order valence-electron chi connectivity index (χ1n) is 6.47. The molecule has 0 aliphatic carbocycles. The molecule has 6 heteroatoms. The second-order valence-corrected chi connectivity index (χ2v) is 5.25. The van der Waals surface area contributed by atoms with Gasteiger partial charge in [-0.3, -0.25) is 4.79 Å². The van der Waals surface area contributed by atoms with E-state index in [1.807, 2.05) is 7.05 Å². The second-order valence-electron chi connectivity index (χ2n) is 4.81. The lowest BCUT2D eigenvalue weighted by molar-refractivity contribution is -0.138. The van der Waals surface area contributed by atoms with Gasteiger partial charge in [-0.1, -0.05) is 17.7 Å². The van der Waals surface area contributed by atoms with E-state index < -0.39 is 6.10 Å². The summed E-state index contributed by atoms with van der Waals surface area (Å²) >= 11 is 5.89. The zero-order chi connectivity index (χ0) is 13.8. The molecule has 4 nitrogen and oxygen atoms in total. The van der Waals surface area contributed by atoms with Crippen LogP contribution in [0.15, 0.2) is 24.3 Å². The largest absolute Gasteiger partial charge is 0.481 e. The smallest absolute Gasteiger partial charge is 0.263 e. The van der Waals surface area contributed by atoms with Crippen LogP contribution in [0.3, 0.4) is 0 Å². The molecule has 112 valence electrons. The van der Waals surface area contributed by atoms with Gasteiger partial charge in [0.05, 0.1) is 0 Å². The molecule has 1 amide bonds. The Balaban J connectivity index is 0.00000200. The Morgan fingerprint density at radius 2 is 2.30 bits per heavy atom. The van der Waals surface area contributed by atoms with E-state index >= 15 is 0 Å². The second kappa shape index (κ2) is 7.72. The summed E-state index contributed by atoms with van der Waals surface area (Å²) in [4.78, 5) is 14.0. The fourth-order valence-electron chi connectivity index (χ4n) is 2.23. The highest BCUT2D eigenvalue weighted by molar-refractivity contribution is 6.30. The average molecular weight is 319 g/mol. The Labute approximate surface area is 130 Å². The molecule has 2 unspecified atom stereocenters. The van der Waals surface area contributed by atoms with Gasteiger partial charge in [0.25, 0.3) is 5.91 Å². The lowest BCUT2D eigenvalue weighted by Gasteiger charge is -2.27. The molecular formula is C14H20Cl2N2O2. The molecule has 20 heavy (non-hydrogen) atoms. The Hall–Kier alpha value is -0.970. The average Bonchev–Trinajstić information content (AvgIpc) is 2.90. The van der Waals surface area contributed by atoms with E-state index in [4.69, 9.17) is 16.3 Å². The fraction of sp³-hybridized carbons (Fsp3) is 0.500. The molecule has 1 fully saturated rings. The van der Waals surface area contributed by atoms with E-state index in [9.17, 15) is 4.79 Å². The molecule has 0 radical (unpaired) electrons. The van der Waals surface area contributed by atoms with Gasteiger partial charge < -0.3 is 15.0 Å². The molecule has 1 aliphatic rings. The maximum absolute atomic E-state index is 12.3. The van der Waals surface area contributed by atoms with E-state index in [0.717, 1.165) is 19.5 Å². The summed E-state index contributed by atoms with van der Waals surface area (Å²) in [5.74, 6) is 0.611. The lowest BCUT2D eigenvalue weighted by Crippen LogP contribution is -2.44. The first-order valence-corrected chi connectivity index (χ1v) is 6.85. The Kier molecular flexibility index (Phi) is 6.59. The van der Waals surface area contributed by atoms with Crippen LogP contribution in [0.2, 0.25) is 5.02 Å². The van der Waals surface area contributed by atoms with Gasteiger partial charge in [-0.2, -0.15) is 0 Å². The number of nitrogens with one attached hydrogen (secondary N) is 1. The molecule has 0 spiro atoms. The molecule has 2 rings (SSSR count). The highest BCUT2D eigenvalue weighted by atomic mass is 35.5. The summed E-state index contributed by atoms with van der Waals surface area (Å²) in [6.07, 6.45) is 0.482. The molecule has 1 aromatic carbocycles. The summed E-state index contributed by atoms with van der Waals surface area (Å²) in [7, 11) is 1.83. The Morgan fingerprint density at radius 3 is 2.90 bits per heavy atom. The van der Waals surface area contributed by atoms with Crippen molar-refractivity contribution >= 4 is 29.9 Å². The number of rotatable bonds is 4. The number of amides is 1. The summed E-state index contributed by atoms with van der Waals surface area (Å²) in [6.45, 7) is 3.58. The number of hydrogen-bond donors (Lipinski definition) is 1. The van der Waals surface area contributed by atoms with Crippen molar-refractivity contribution in [3.63, 3.8) is 0 Å². The van der Waals surface area contributed by atoms with Crippen molar-refractivity contribution in [1.29, 1.82) is 0 Å². The minimum absolute atomic E-state index is 0. The number of benzene rings is 1. The first-order chi connectivity index (χ1) is 9.08. The van der Waals surface area contributed by atoms with E-state index in [-0.39, 0.29) is 24.4 Å². The zero-order valence-electron chi connectivity index (χ0n) is 11.6. The lowest BCUT2D eigenvalue weighted by atomic mass is 10.2. The minimum atomic E-state index is -0.510. The Bertz CT molecular complexity index is 451. The van der Waals surface area contributed by atoms with Crippen LogP contribution in [0.25, 0.3) is 0 Å². The highest BCUT2D eigenvalue weighted by Gasteiger charge is 2.27. The number of hydrogen-bond acceptors (Lipinski definition) is 3. The van der Waals surface area contributed by atoms with Crippen LogP contribution in [-0.2, 0) is 4.79 Å². The summed E-state index contributed by atoms with van der Waals surface area (Å²) < 4.78 is 5.64. The molecule has 0 saturated carbocycles. The molecule has 1 aliphatic heterocycles. The highest BCUT2D eigenvalue weighted by Crippen LogP contribution is 2.19. The van der Waals surface area contributed by atoms with Gasteiger partial charge in [0, 0.05) is 24.7 Å². The third-order valence-electron chi connectivity index (χ3n) is 3.39. The molecule has 1 aromatic rings. The first kappa shape index (κ1) is 17.1. The van der Waals surface area contributed by atoms with Gasteiger partial charge in [-0.25, -0.2) is 0 Å². The molecular weight excluding hydrogens is 299 g/mol. The number of halogens is 2. The van der Waals surface area contributed by atoms with Crippen molar-refractivity contribution in [2.75, 3.05) is 20.1 Å². The maximum Gasteiger partial charge on any atom is 0.263 e. The topological polar surface area (TPSA) is 41.6 Å². The van der Waals surface area contributed by atoms with Gasteiger partial charge in [0.2, 0.25) is 0 Å². The molecule has 1 saturated heterocycles.